The van der Waals surface area contributed by atoms with E-state index in [2.05, 4.69) is 34.0 Å². The van der Waals surface area contributed by atoms with Crippen molar-refractivity contribution < 1.29 is 4.74 Å². The summed E-state index contributed by atoms with van der Waals surface area (Å²) in [5.74, 6) is 1.69. The Morgan fingerprint density at radius 3 is 3.00 bits per heavy atom. The summed E-state index contributed by atoms with van der Waals surface area (Å²) in [7, 11) is 0. The maximum atomic E-state index is 5.83. The third-order valence-electron chi connectivity index (χ3n) is 2.71. The van der Waals surface area contributed by atoms with Crippen LogP contribution in [0.25, 0.3) is 0 Å². The standard InChI is InChI=1S/C12H16INO/c13-11-5-1-2-6-12(11)15-9-10-4-3-7-14-8-10/h1-2,5-6,10,14H,3-4,7-9H2/t10-/m1/s1. The SMILES string of the molecule is Ic1ccccc1OC[C@@H]1CCCNC1. The summed E-state index contributed by atoms with van der Waals surface area (Å²) in [6, 6.07) is 8.18. The average molecular weight is 317 g/mol. The van der Waals surface area contributed by atoms with Gasteiger partial charge in [0.25, 0.3) is 0 Å². The van der Waals surface area contributed by atoms with E-state index in [1.807, 2.05) is 18.2 Å². The molecule has 0 spiro atoms. The highest BCUT2D eigenvalue weighted by atomic mass is 127. The average Bonchev–Trinajstić information content (AvgIpc) is 2.29. The zero-order chi connectivity index (χ0) is 10.5. The van der Waals surface area contributed by atoms with Crippen molar-refractivity contribution >= 4 is 22.6 Å². The van der Waals surface area contributed by atoms with Crippen LogP contribution in [0, 0.1) is 9.49 Å². The third kappa shape index (κ3) is 3.34. The molecule has 1 heterocycles. The third-order valence-corrected chi connectivity index (χ3v) is 3.60. The van der Waals surface area contributed by atoms with Crippen LogP contribution >= 0.6 is 22.6 Å². The van der Waals surface area contributed by atoms with Gasteiger partial charge in [-0.05, 0) is 54.1 Å². The van der Waals surface area contributed by atoms with Crippen molar-refractivity contribution in [1.29, 1.82) is 0 Å². The van der Waals surface area contributed by atoms with Crippen molar-refractivity contribution in [3.8, 4) is 5.75 Å². The number of hydrogen-bond acceptors (Lipinski definition) is 2. The molecule has 82 valence electrons. The van der Waals surface area contributed by atoms with E-state index in [0.29, 0.717) is 5.92 Å². The van der Waals surface area contributed by atoms with Crippen molar-refractivity contribution in [3.63, 3.8) is 0 Å². The highest BCUT2D eigenvalue weighted by Gasteiger charge is 2.13. The molecule has 1 aromatic carbocycles. The summed E-state index contributed by atoms with van der Waals surface area (Å²) in [6.07, 6.45) is 2.57. The Kier molecular flexibility index (Phi) is 4.26. The minimum absolute atomic E-state index is 0.676. The highest BCUT2D eigenvalue weighted by Crippen LogP contribution is 2.21. The molecule has 0 radical (unpaired) electrons. The molecular weight excluding hydrogens is 301 g/mol. The first-order valence-corrected chi connectivity index (χ1v) is 6.52. The number of hydrogen-bond donors (Lipinski definition) is 1. The van der Waals surface area contributed by atoms with E-state index in [-0.39, 0.29) is 0 Å². The maximum Gasteiger partial charge on any atom is 0.132 e. The molecule has 15 heavy (non-hydrogen) atoms. The van der Waals surface area contributed by atoms with Crippen molar-refractivity contribution in [2.24, 2.45) is 5.92 Å². The van der Waals surface area contributed by atoms with E-state index < -0.39 is 0 Å². The first-order chi connectivity index (χ1) is 7.36. The van der Waals surface area contributed by atoms with Crippen molar-refractivity contribution in [2.75, 3.05) is 19.7 Å². The van der Waals surface area contributed by atoms with Gasteiger partial charge in [0.05, 0.1) is 10.2 Å². The Labute approximate surface area is 105 Å². The number of nitrogens with one attached hydrogen (secondary N) is 1. The Morgan fingerprint density at radius 1 is 1.40 bits per heavy atom. The van der Waals surface area contributed by atoms with Gasteiger partial charge in [-0.1, -0.05) is 12.1 Å². The predicted molar refractivity (Wildman–Crippen MR) is 70.2 cm³/mol. The molecule has 1 aliphatic rings. The molecule has 0 aliphatic carbocycles. The maximum absolute atomic E-state index is 5.83. The first kappa shape index (κ1) is 11.2. The van der Waals surface area contributed by atoms with Gasteiger partial charge in [-0.3, -0.25) is 0 Å². The summed E-state index contributed by atoms with van der Waals surface area (Å²) in [5.41, 5.74) is 0. The van der Waals surface area contributed by atoms with Gasteiger partial charge in [0, 0.05) is 12.5 Å². The van der Waals surface area contributed by atoms with Crippen LogP contribution in [0.2, 0.25) is 0 Å². The van der Waals surface area contributed by atoms with E-state index in [4.69, 9.17) is 4.74 Å². The molecule has 0 aromatic heterocycles. The van der Waals surface area contributed by atoms with Gasteiger partial charge < -0.3 is 10.1 Å². The summed E-state index contributed by atoms with van der Waals surface area (Å²) < 4.78 is 7.02. The molecule has 2 rings (SSSR count). The minimum atomic E-state index is 0.676. The van der Waals surface area contributed by atoms with Gasteiger partial charge in [-0.2, -0.15) is 0 Å². The zero-order valence-corrected chi connectivity index (χ0v) is 10.9. The normalized spacial score (nSPS) is 21.3. The minimum Gasteiger partial charge on any atom is -0.492 e. The van der Waals surface area contributed by atoms with Crippen molar-refractivity contribution in [2.45, 2.75) is 12.8 Å². The second kappa shape index (κ2) is 5.70. The molecule has 1 saturated heterocycles. The predicted octanol–water partition coefficient (Wildman–Crippen LogP) is 2.67. The largest absolute Gasteiger partial charge is 0.492 e. The fourth-order valence-corrected chi connectivity index (χ4v) is 2.38. The fraction of sp³-hybridized carbons (Fsp3) is 0.500. The number of benzene rings is 1. The number of rotatable bonds is 3. The molecule has 3 heteroatoms. The van der Waals surface area contributed by atoms with E-state index in [1.165, 1.54) is 23.0 Å². The number of halogens is 1. The van der Waals surface area contributed by atoms with Crippen molar-refractivity contribution in [1.82, 2.24) is 5.32 Å². The Bertz CT molecular complexity index is 310. The molecule has 0 saturated carbocycles. The van der Waals surface area contributed by atoms with Crippen LogP contribution in [0.15, 0.2) is 24.3 Å². The second-order valence-electron chi connectivity index (χ2n) is 3.95. The molecule has 1 aliphatic heterocycles. The van der Waals surface area contributed by atoms with Crippen LogP contribution in [0.3, 0.4) is 0 Å². The van der Waals surface area contributed by atoms with Crippen LogP contribution in [0.5, 0.6) is 5.75 Å². The Hall–Kier alpha value is -0.290. The van der Waals surface area contributed by atoms with Crippen LogP contribution in [0.4, 0.5) is 0 Å². The van der Waals surface area contributed by atoms with E-state index >= 15 is 0 Å². The summed E-state index contributed by atoms with van der Waals surface area (Å²) in [4.78, 5) is 0. The molecular formula is C12H16INO. The Balaban J connectivity index is 1.84. The molecule has 0 bridgehead atoms. The van der Waals surface area contributed by atoms with Crippen LogP contribution in [0.1, 0.15) is 12.8 Å². The highest BCUT2D eigenvalue weighted by molar-refractivity contribution is 14.1. The molecule has 0 amide bonds. The summed E-state index contributed by atoms with van der Waals surface area (Å²) in [5, 5.41) is 3.40. The molecule has 1 N–H and O–H groups in total. The smallest absolute Gasteiger partial charge is 0.132 e. The van der Waals surface area contributed by atoms with E-state index in [1.54, 1.807) is 0 Å². The lowest BCUT2D eigenvalue weighted by molar-refractivity contribution is 0.217. The zero-order valence-electron chi connectivity index (χ0n) is 8.71. The van der Waals surface area contributed by atoms with E-state index in [0.717, 1.165) is 18.9 Å². The lowest BCUT2D eigenvalue weighted by Crippen LogP contribution is -2.33. The van der Waals surface area contributed by atoms with Crippen LogP contribution in [-0.4, -0.2) is 19.7 Å². The van der Waals surface area contributed by atoms with Crippen molar-refractivity contribution in [3.05, 3.63) is 27.8 Å². The fourth-order valence-electron chi connectivity index (χ4n) is 1.84. The summed E-state index contributed by atoms with van der Waals surface area (Å²) >= 11 is 2.31. The number of piperidine rings is 1. The van der Waals surface area contributed by atoms with Crippen LogP contribution in [-0.2, 0) is 0 Å². The molecule has 1 atom stereocenters. The van der Waals surface area contributed by atoms with Crippen LogP contribution < -0.4 is 10.1 Å². The lowest BCUT2D eigenvalue weighted by Gasteiger charge is -2.23. The van der Waals surface area contributed by atoms with Gasteiger partial charge in [0.15, 0.2) is 0 Å². The second-order valence-corrected chi connectivity index (χ2v) is 5.12. The molecule has 2 nitrogen and oxygen atoms in total. The molecule has 1 fully saturated rings. The van der Waals surface area contributed by atoms with Gasteiger partial charge in [0.1, 0.15) is 5.75 Å². The van der Waals surface area contributed by atoms with Gasteiger partial charge >= 0.3 is 0 Å². The molecule has 0 unspecified atom stereocenters. The van der Waals surface area contributed by atoms with Gasteiger partial charge in [0.2, 0.25) is 0 Å². The van der Waals surface area contributed by atoms with Gasteiger partial charge in [-0.25, -0.2) is 0 Å². The Morgan fingerprint density at radius 2 is 2.27 bits per heavy atom. The first-order valence-electron chi connectivity index (χ1n) is 5.44. The lowest BCUT2D eigenvalue weighted by atomic mass is 10.0. The number of ether oxygens (including phenoxy) is 1. The molecule has 1 aromatic rings. The topological polar surface area (TPSA) is 21.3 Å². The quantitative estimate of drug-likeness (QED) is 0.866. The van der Waals surface area contributed by atoms with Gasteiger partial charge in [-0.15, -0.1) is 0 Å². The monoisotopic (exact) mass is 317 g/mol. The summed E-state index contributed by atoms with van der Waals surface area (Å²) in [6.45, 7) is 3.11. The van der Waals surface area contributed by atoms with E-state index in [9.17, 15) is 0 Å². The number of para-hydroxylation sites is 1.